The van der Waals surface area contributed by atoms with Gasteiger partial charge in [-0.2, -0.15) is 0 Å². The summed E-state index contributed by atoms with van der Waals surface area (Å²) in [7, 11) is 0. The SMILES string of the molecule is Clc1ccccc1-c1cn2c(Br)cnc2c(NCCCn2ccnc2)n1.O=C1CCCN1CCCNc1nc(-c2ccccc2Cl)cn2c(Br)cnc12.OC1CCCCC1Nc1cn2c(Br)cnc2c(NCc2cccnc2)n1.OCC1CCCCC1Nc1cn2c(Br)cnc2c(NCc2cccnc2)n1.OCCC1CCCCN1c1cn2c(Br)cnc2c(NCc2cccnc2)n1. The Balaban J connectivity index is 0.000000121. The second-order valence-electron chi connectivity index (χ2n) is 32.6. The van der Waals surface area contributed by atoms with Crippen molar-refractivity contribution in [3.63, 3.8) is 0 Å². The molecule has 0 bridgehead atoms. The molecule has 2 saturated carbocycles. The predicted molar refractivity (Wildman–Crippen MR) is 538 cm³/mol. The van der Waals surface area contributed by atoms with Crippen LogP contribution in [0.5, 0.6) is 0 Å². The quantitative estimate of drug-likeness (QED) is 0.0195. The van der Waals surface area contributed by atoms with Crippen LogP contribution in [-0.4, -0.2) is 193 Å². The molecule has 2 saturated heterocycles. The molecule has 16 aromatic rings. The number of likely N-dealkylation sites (tertiary alicyclic amines) is 1. The lowest BCUT2D eigenvalue weighted by Gasteiger charge is -2.36. The van der Waals surface area contributed by atoms with Crippen LogP contribution in [0.25, 0.3) is 50.8 Å². The van der Waals surface area contributed by atoms with Crippen LogP contribution in [0.4, 0.5) is 46.5 Å². The van der Waals surface area contributed by atoms with Gasteiger partial charge in [0.05, 0.1) is 89.5 Å². The number of aryl methyl sites for hydroxylation is 1. The number of hydrogen-bond donors (Lipinski definition) is 10. The van der Waals surface area contributed by atoms with Gasteiger partial charge in [-0.25, -0.2) is 54.8 Å². The first-order valence-corrected chi connectivity index (χ1v) is 49.3. The summed E-state index contributed by atoms with van der Waals surface area (Å²) in [6.07, 6.45) is 50.7. The highest BCUT2D eigenvalue weighted by Crippen LogP contribution is 2.36. The number of carbonyl (C=O) groups excluding carboxylic acids is 1. The lowest BCUT2D eigenvalue weighted by molar-refractivity contribution is -0.127. The molecule has 5 atom stereocenters. The van der Waals surface area contributed by atoms with E-state index in [-0.39, 0.29) is 43.2 Å². The number of hydrogen-bond acceptors (Lipinski definition) is 26. The highest BCUT2D eigenvalue weighted by Gasteiger charge is 2.30. The van der Waals surface area contributed by atoms with Gasteiger partial charge < -0.3 is 66.9 Å². The Morgan fingerprint density at radius 3 is 1.35 bits per heavy atom. The summed E-state index contributed by atoms with van der Waals surface area (Å²) in [5, 5.41) is 54.5. The van der Waals surface area contributed by atoms with Crippen molar-refractivity contribution in [1.29, 1.82) is 0 Å². The maximum absolute atomic E-state index is 11.7. The molecule has 133 heavy (non-hydrogen) atoms. The van der Waals surface area contributed by atoms with Crippen LogP contribution in [0.2, 0.25) is 10.0 Å². The van der Waals surface area contributed by atoms with Crippen molar-refractivity contribution in [2.75, 3.05) is 88.1 Å². The van der Waals surface area contributed by atoms with Crippen molar-refractivity contribution in [2.45, 2.75) is 153 Å². The predicted octanol–water partition coefficient (Wildman–Crippen LogP) is 18.7. The number of piperidine rings is 1. The third kappa shape index (κ3) is 24.6. The fourth-order valence-corrected chi connectivity index (χ4v) is 19.0. The van der Waals surface area contributed by atoms with Crippen LogP contribution < -0.4 is 42.1 Å². The van der Waals surface area contributed by atoms with E-state index in [0.29, 0.717) is 66.1 Å². The highest BCUT2D eigenvalue weighted by atomic mass is 79.9. The number of carbonyl (C=O) groups is 1. The second-order valence-corrected chi connectivity index (χ2v) is 37.5. The van der Waals surface area contributed by atoms with E-state index in [4.69, 9.17) is 48.1 Å². The number of pyridine rings is 3. The van der Waals surface area contributed by atoms with Crippen molar-refractivity contribution in [1.82, 2.24) is 101 Å². The molecule has 1 amide bonds. The molecular weight excluding hydrogens is 2060 g/mol. The Bertz CT molecular complexity index is 6500. The van der Waals surface area contributed by atoms with Crippen molar-refractivity contribution >= 4 is 184 Å². The van der Waals surface area contributed by atoms with E-state index in [1.807, 2.05) is 174 Å². The maximum atomic E-state index is 11.7. The molecule has 40 heteroatoms. The minimum Gasteiger partial charge on any atom is -0.396 e. The molecule has 2 aliphatic carbocycles. The van der Waals surface area contributed by atoms with Gasteiger partial charge in [-0.1, -0.05) is 103 Å². The Kier molecular flexibility index (Phi) is 33.4. The van der Waals surface area contributed by atoms with E-state index < -0.39 is 0 Å². The summed E-state index contributed by atoms with van der Waals surface area (Å²) in [5.41, 5.74) is 10.4. The zero-order chi connectivity index (χ0) is 91.9. The van der Waals surface area contributed by atoms with Gasteiger partial charge in [0.2, 0.25) is 5.91 Å². The highest BCUT2D eigenvalue weighted by molar-refractivity contribution is 9.11. The smallest absolute Gasteiger partial charge is 0.222 e. The number of benzene rings is 2. The number of aromatic nitrogens is 20. The third-order valence-electron chi connectivity index (χ3n) is 23.5. The van der Waals surface area contributed by atoms with Gasteiger partial charge in [-0.3, -0.25) is 41.7 Å². The molecule has 2 aliphatic heterocycles. The normalized spacial score (nSPS) is 16.6. The van der Waals surface area contributed by atoms with Crippen LogP contribution in [-0.2, 0) is 31.0 Å². The first kappa shape index (κ1) is 95.1. The molecule has 0 spiro atoms. The molecule has 692 valence electrons. The van der Waals surface area contributed by atoms with Gasteiger partial charge in [0.1, 0.15) is 40.5 Å². The lowest BCUT2D eigenvalue weighted by atomic mass is 9.85. The molecule has 4 fully saturated rings. The molecule has 10 N–H and O–H groups in total. The van der Waals surface area contributed by atoms with Crippen LogP contribution >= 0.6 is 103 Å². The molecule has 0 radical (unpaired) electrons. The van der Waals surface area contributed by atoms with Gasteiger partial charge in [-0.05, 0) is 197 Å². The Labute approximate surface area is 820 Å². The summed E-state index contributed by atoms with van der Waals surface area (Å²) in [6, 6.07) is 27.7. The van der Waals surface area contributed by atoms with Crippen LogP contribution in [0.3, 0.4) is 0 Å². The Morgan fingerprint density at radius 1 is 0.436 bits per heavy atom. The van der Waals surface area contributed by atoms with Gasteiger partial charge in [0.25, 0.3) is 0 Å². The fraction of sp³-hybridized carbons (Fsp3) is 0.344. The summed E-state index contributed by atoms with van der Waals surface area (Å²) >= 11 is 30.4. The molecule has 2 aromatic carbocycles. The number of amides is 1. The van der Waals surface area contributed by atoms with Gasteiger partial charge >= 0.3 is 0 Å². The number of aliphatic hydroxyl groups excluding tert-OH is 3. The number of aliphatic hydroxyl groups is 3. The summed E-state index contributed by atoms with van der Waals surface area (Å²) < 4.78 is 16.2. The van der Waals surface area contributed by atoms with Gasteiger partial charge in [0.15, 0.2) is 57.3 Å². The Hall–Kier alpha value is -11.1. The topological polar surface area (TPSA) is 376 Å². The van der Waals surface area contributed by atoms with Crippen LogP contribution in [0.15, 0.2) is 226 Å². The van der Waals surface area contributed by atoms with Crippen molar-refractivity contribution in [3.8, 4) is 22.5 Å². The number of nitrogens with zero attached hydrogens (tertiary/aromatic N) is 22. The average molecular weight is 2160 g/mol. The lowest BCUT2D eigenvalue weighted by Crippen LogP contribution is -2.40. The summed E-state index contributed by atoms with van der Waals surface area (Å²) in [6.45, 7) is 7.24. The number of imidazole rings is 6. The van der Waals surface area contributed by atoms with Gasteiger partial charge in [0, 0.05) is 170 Å². The fourth-order valence-electron chi connectivity index (χ4n) is 16.7. The summed E-state index contributed by atoms with van der Waals surface area (Å²) in [4.78, 5) is 78.6. The molecular formula is C93H102Br5Cl2N29O4. The van der Waals surface area contributed by atoms with E-state index in [1.54, 1.807) is 55.8 Å². The largest absolute Gasteiger partial charge is 0.396 e. The molecule has 20 rings (SSSR count). The number of nitrogens with one attached hydrogen (secondary N) is 7. The zero-order valence-electron chi connectivity index (χ0n) is 72.8. The molecule has 16 heterocycles. The molecule has 33 nitrogen and oxygen atoms in total. The van der Waals surface area contributed by atoms with E-state index in [0.717, 1.165) is 229 Å². The van der Waals surface area contributed by atoms with Crippen molar-refractivity contribution < 1.29 is 20.1 Å². The van der Waals surface area contributed by atoms with Crippen LogP contribution in [0, 0.1) is 5.92 Å². The number of rotatable bonds is 29. The first-order valence-electron chi connectivity index (χ1n) is 44.5. The number of halogens is 7. The maximum Gasteiger partial charge on any atom is 0.222 e. The first-order chi connectivity index (χ1) is 65.1. The zero-order valence-corrected chi connectivity index (χ0v) is 82.2. The molecule has 14 aromatic heterocycles. The number of anilines is 8. The van der Waals surface area contributed by atoms with Crippen molar-refractivity contribution in [3.05, 3.63) is 253 Å². The van der Waals surface area contributed by atoms with E-state index in [9.17, 15) is 20.1 Å². The minimum absolute atomic E-state index is 0.0298. The van der Waals surface area contributed by atoms with E-state index >= 15 is 0 Å². The molecule has 4 aliphatic rings. The Morgan fingerprint density at radius 2 is 0.887 bits per heavy atom. The standard InChI is InChI=1S/C19H19BrClN5O.2C19H23BrN6O.C18H16BrClN6.C18H21BrN6O/c20-16-11-23-19-18(22-8-4-10-25-9-3-7-17(25)27)24-15(12-26(16)19)13-5-1-2-6-14(13)21;20-16-12-23-19-18(22-11-14-4-3-7-21-10-14)24-17(13-26(16)19)25-8-2-1-5-15(25)6-9-27;20-16-10-23-19-18(22-9-13-4-3-7-21-8-13)25-17(11-26(16)19)24-15-6-2-1-5-14(15)12-27;19-16-10-23-18-17(22-6-3-8-25-9-7-21-12-25)24-15(11-26(16)18)13-4-1-2-5-14(13)20;19-15-10-22-18-17(21-9-12-4-3-7-20-8-12)24-16(11-25(15)18)23-13-5-1-2-6-14(13)26/h1-2,5-6,11-12H,3-4,7-10H2,(H,22,24);3-4,7,10,12-13,15,27H,1-2,5-6,8-9,11H2,(H,22,24);3-4,7-8,10-11,14-15,24,27H,1-2,5-6,9,12H2,(H,22,25);1-2,4-5,7,9-12H,3,6,8H2,(H,22,24);3-4,7-8,10-11,13-14,23,26H,1-2,5-6,9H2,(H,21,24). The average Bonchev–Trinajstić information content (AvgIpc) is 1.84. The summed E-state index contributed by atoms with van der Waals surface area (Å²) in [5.74, 6) is 6.52. The second kappa shape index (κ2) is 46.7. The van der Waals surface area contributed by atoms with Gasteiger partial charge in [-0.15, -0.1) is 0 Å². The van der Waals surface area contributed by atoms with E-state index in [2.05, 4.69) is 171 Å². The number of fused-ring (bicyclic) bond motifs is 5. The van der Waals surface area contributed by atoms with E-state index in [1.165, 1.54) is 19.3 Å². The third-order valence-corrected chi connectivity index (χ3v) is 27.1. The minimum atomic E-state index is -0.334. The van der Waals surface area contributed by atoms with Crippen LogP contribution in [0.1, 0.15) is 119 Å². The van der Waals surface area contributed by atoms with Crippen molar-refractivity contribution in [2.24, 2.45) is 5.92 Å². The monoisotopic (exact) mass is 2150 g/mol. The molecule has 5 unspecified atom stereocenters.